The van der Waals surface area contributed by atoms with Crippen LogP contribution in [0.5, 0.6) is 0 Å². The second-order valence-electron chi connectivity index (χ2n) is 5.81. The first-order chi connectivity index (χ1) is 9.68. The van der Waals surface area contributed by atoms with Crippen molar-refractivity contribution in [1.29, 1.82) is 0 Å². The van der Waals surface area contributed by atoms with Gasteiger partial charge in [-0.05, 0) is 42.4 Å². The largest absolute Gasteiger partial charge is 0.366 e. The van der Waals surface area contributed by atoms with Crippen molar-refractivity contribution >= 4 is 16.8 Å². The minimum atomic E-state index is -0.338. The molecule has 0 spiro atoms. The molecule has 3 nitrogen and oxygen atoms in total. The number of hydrogen-bond acceptors (Lipinski definition) is 2. The van der Waals surface area contributed by atoms with Crippen LogP contribution in [-0.4, -0.2) is 10.9 Å². The molecule has 0 atom stereocenters. The summed E-state index contributed by atoms with van der Waals surface area (Å²) in [5.41, 5.74) is 8.43. The van der Waals surface area contributed by atoms with Crippen LogP contribution < -0.4 is 5.73 Å². The van der Waals surface area contributed by atoms with Crippen molar-refractivity contribution in [1.82, 2.24) is 4.98 Å². The molecule has 2 N–H and O–H groups in total. The number of rotatable bonds is 5. The molecule has 104 valence electrons. The van der Waals surface area contributed by atoms with Crippen LogP contribution in [0.3, 0.4) is 0 Å². The van der Waals surface area contributed by atoms with Gasteiger partial charge < -0.3 is 5.73 Å². The predicted molar refractivity (Wildman–Crippen MR) is 80.7 cm³/mol. The summed E-state index contributed by atoms with van der Waals surface area (Å²) in [6.07, 6.45) is 7.56. The highest BCUT2D eigenvalue weighted by Gasteiger charge is 2.46. The van der Waals surface area contributed by atoms with Crippen LogP contribution in [0.25, 0.3) is 10.9 Å². The van der Waals surface area contributed by atoms with Crippen LogP contribution >= 0.6 is 0 Å². The normalized spacial score (nSPS) is 16.2. The molecule has 3 heteroatoms. The van der Waals surface area contributed by atoms with Gasteiger partial charge in [0.25, 0.3) is 0 Å². The number of primary amides is 1. The molecule has 0 radical (unpaired) electrons. The van der Waals surface area contributed by atoms with E-state index >= 15 is 0 Å². The number of benzene rings is 1. The smallest absolute Gasteiger partial charge is 0.249 e. The van der Waals surface area contributed by atoms with Gasteiger partial charge in [-0.3, -0.25) is 9.78 Å². The summed E-state index contributed by atoms with van der Waals surface area (Å²) in [5.74, 6) is -0.338. The van der Waals surface area contributed by atoms with Crippen LogP contribution in [0.2, 0.25) is 0 Å². The molecule has 1 aliphatic rings. The highest BCUT2D eigenvalue weighted by atomic mass is 16.1. The number of unbranched alkanes of at least 4 members (excludes halogenated alkanes) is 1. The van der Waals surface area contributed by atoms with E-state index in [9.17, 15) is 4.79 Å². The van der Waals surface area contributed by atoms with E-state index in [0.29, 0.717) is 5.56 Å². The third kappa shape index (κ3) is 2.07. The Hall–Kier alpha value is -1.90. The van der Waals surface area contributed by atoms with Crippen molar-refractivity contribution in [3.63, 3.8) is 0 Å². The van der Waals surface area contributed by atoms with Crippen molar-refractivity contribution in [3.05, 3.63) is 41.6 Å². The Balaban J connectivity index is 2.20. The summed E-state index contributed by atoms with van der Waals surface area (Å²) in [6.45, 7) is 2.20. The lowest BCUT2D eigenvalue weighted by Crippen LogP contribution is -2.19. The zero-order valence-electron chi connectivity index (χ0n) is 11.9. The number of amides is 1. The quantitative estimate of drug-likeness (QED) is 0.901. The van der Waals surface area contributed by atoms with Gasteiger partial charge in [0.2, 0.25) is 5.91 Å². The summed E-state index contributed by atoms with van der Waals surface area (Å²) >= 11 is 0. The Morgan fingerprint density at radius 1 is 1.35 bits per heavy atom. The average molecular weight is 268 g/mol. The second kappa shape index (κ2) is 4.89. The number of aromatic nitrogens is 1. The Bertz CT molecular complexity index is 659. The molecule has 0 bridgehead atoms. The third-order valence-electron chi connectivity index (χ3n) is 4.43. The fraction of sp³-hybridized carbons (Fsp3) is 0.412. The third-order valence-corrected chi connectivity index (χ3v) is 4.43. The van der Waals surface area contributed by atoms with Crippen molar-refractivity contribution < 1.29 is 4.79 Å². The SMILES string of the molecule is CCCCC1(c2c(C(N)=O)ccc3cccnc23)CC1. The van der Waals surface area contributed by atoms with Gasteiger partial charge in [-0.15, -0.1) is 0 Å². The second-order valence-corrected chi connectivity index (χ2v) is 5.81. The van der Waals surface area contributed by atoms with Gasteiger partial charge in [0, 0.05) is 17.1 Å². The van der Waals surface area contributed by atoms with Crippen LogP contribution in [0, 0.1) is 0 Å². The number of pyridine rings is 1. The van der Waals surface area contributed by atoms with Gasteiger partial charge in [0.1, 0.15) is 0 Å². The van der Waals surface area contributed by atoms with Crippen LogP contribution in [-0.2, 0) is 5.41 Å². The molecule has 2 aromatic rings. The lowest BCUT2D eigenvalue weighted by atomic mass is 9.85. The van der Waals surface area contributed by atoms with Crippen molar-refractivity contribution in [3.8, 4) is 0 Å². The average Bonchev–Trinajstić information content (AvgIpc) is 3.24. The summed E-state index contributed by atoms with van der Waals surface area (Å²) in [6, 6.07) is 7.80. The van der Waals surface area contributed by atoms with E-state index in [0.717, 1.165) is 35.7 Å². The maximum Gasteiger partial charge on any atom is 0.249 e. The van der Waals surface area contributed by atoms with Crippen molar-refractivity contribution in [2.45, 2.75) is 44.4 Å². The molecule has 1 fully saturated rings. The van der Waals surface area contributed by atoms with E-state index in [-0.39, 0.29) is 11.3 Å². The minimum absolute atomic E-state index is 0.133. The first-order valence-electron chi connectivity index (χ1n) is 7.36. The predicted octanol–water partition coefficient (Wildman–Crippen LogP) is 3.56. The summed E-state index contributed by atoms with van der Waals surface area (Å²) in [7, 11) is 0. The number of fused-ring (bicyclic) bond motifs is 1. The van der Waals surface area contributed by atoms with Crippen LogP contribution in [0.1, 0.15) is 54.9 Å². The topological polar surface area (TPSA) is 56.0 Å². The van der Waals surface area contributed by atoms with Gasteiger partial charge in [0.15, 0.2) is 0 Å². The maximum atomic E-state index is 11.8. The lowest BCUT2D eigenvalue weighted by molar-refractivity contribution is 0.0998. The van der Waals surface area contributed by atoms with Crippen molar-refractivity contribution in [2.24, 2.45) is 5.73 Å². The lowest BCUT2D eigenvalue weighted by Gasteiger charge is -2.20. The summed E-state index contributed by atoms with van der Waals surface area (Å²) in [5, 5.41) is 1.09. The Labute approximate surface area is 119 Å². The van der Waals surface area contributed by atoms with Gasteiger partial charge in [0.05, 0.1) is 5.52 Å². The molecule has 1 aromatic carbocycles. The molecule has 0 unspecified atom stereocenters. The van der Waals surface area contributed by atoms with E-state index in [1.165, 1.54) is 12.8 Å². The fourth-order valence-corrected chi connectivity index (χ4v) is 3.18. The number of nitrogens with two attached hydrogens (primary N) is 1. The van der Waals surface area contributed by atoms with Gasteiger partial charge >= 0.3 is 0 Å². The molecule has 20 heavy (non-hydrogen) atoms. The fourth-order valence-electron chi connectivity index (χ4n) is 3.18. The van der Waals surface area contributed by atoms with Gasteiger partial charge in [-0.2, -0.15) is 0 Å². The summed E-state index contributed by atoms with van der Waals surface area (Å²) in [4.78, 5) is 16.3. The van der Waals surface area contributed by atoms with E-state index < -0.39 is 0 Å². The maximum absolute atomic E-state index is 11.8. The van der Waals surface area contributed by atoms with Crippen molar-refractivity contribution in [2.75, 3.05) is 0 Å². The first-order valence-corrected chi connectivity index (χ1v) is 7.36. The van der Waals surface area contributed by atoms with Crippen LogP contribution in [0.15, 0.2) is 30.5 Å². The zero-order valence-corrected chi connectivity index (χ0v) is 11.9. The molecule has 0 aliphatic heterocycles. The molecule has 1 aromatic heterocycles. The van der Waals surface area contributed by atoms with Gasteiger partial charge in [-0.25, -0.2) is 0 Å². The highest BCUT2D eigenvalue weighted by Crippen LogP contribution is 2.54. The zero-order chi connectivity index (χ0) is 14.2. The Morgan fingerprint density at radius 2 is 2.15 bits per heavy atom. The molecule has 1 amide bonds. The minimum Gasteiger partial charge on any atom is -0.366 e. The molecule has 1 saturated carbocycles. The number of nitrogens with zero attached hydrogens (tertiary/aromatic N) is 1. The number of carbonyl (C=O) groups excluding carboxylic acids is 1. The molecule has 0 saturated heterocycles. The van der Waals surface area contributed by atoms with E-state index in [1.54, 1.807) is 6.20 Å². The summed E-state index contributed by atoms with van der Waals surface area (Å²) < 4.78 is 0. The highest BCUT2D eigenvalue weighted by molar-refractivity contribution is 6.00. The van der Waals surface area contributed by atoms with Gasteiger partial charge in [-0.1, -0.05) is 31.9 Å². The number of carbonyl (C=O) groups is 1. The molecular formula is C17H20N2O. The molecule has 1 aliphatic carbocycles. The van der Waals surface area contributed by atoms with E-state index in [1.807, 2.05) is 24.3 Å². The monoisotopic (exact) mass is 268 g/mol. The molecular weight excluding hydrogens is 248 g/mol. The molecule has 3 rings (SSSR count). The number of hydrogen-bond donors (Lipinski definition) is 1. The Morgan fingerprint density at radius 3 is 2.80 bits per heavy atom. The van der Waals surface area contributed by atoms with E-state index in [2.05, 4.69) is 11.9 Å². The van der Waals surface area contributed by atoms with E-state index in [4.69, 9.17) is 5.73 Å². The van der Waals surface area contributed by atoms with Crippen LogP contribution in [0.4, 0.5) is 0 Å². The first kappa shape index (κ1) is 13.1. The molecule has 1 heterocycles. The Kier molecular flexibility index (Phi) is 3.20. The standard InChI is InChI=1S/C17H20N2O/c1-2-3-8-17(9-10-17)14-13(16(18)20)7-6-12-5-4-11-19-15(12)14/h4-7,11H,2-3,8-10H2,1H3,(H2,18,20).